The van der Waals surface area contributed by atoms with Gasteiger partial charge in [-0.15, -0.1) is 0 Å². The molecule has 0 bridgehead atoms. The van der Waals surface area contributed by atoms with Gasteiger partial charge in [0.2, 0.25) is 0 Å². The minimum absolute atomic E-state index is 0.300. The molecule has 1 aromatic carbocycles. The Balaban J connectivity index is 1.76. The van der Waals surface area contributed by atoms with Crippen LogP contribution in [0.5, 0.6) is 0 Å². The molecule has 1 aromatic heterocycles. The molecular weight excluding hydrogens is 265 g/mol. The first-order valence-corrected chi connectivity index (χ1v) is 6.79. The van der Waals surface area contributed by atoms with Gasteiger partial charge in [0.05, 0.1) is 6.10 Å². The third-order valence-electron chi connectivity index (χ3n) is 3.55. The average molecular weight is 280 g/mol. The van der Waals surface area contributed by atoms with E-state index >= 15 is 0 Å². The van der Waals surface area contributed by atoms with Crippen LogP contribution >= 0.6 is 11.6 Å². The topological polar surface area (TPSA) is 25.2 Å². The van der Waals surface area contributed by atoms with Crippen molar-refractivity contribution in [1.82, 2.24) is 4.57 Å². The van der Waals surface area contributed by atoms with E-state index in [0.29, 0.717) is 23.0 Å². The van der Waals surface area contributed by atoms with Crippen LogP contribution in [0.2, 0.25) is 5.02 Å². The normalized spacial score (nSPS) is 16.6. The van der Waals surface area contributed by atoms with Gasteiger partial charge >= 0.3 is 0 Å². The summed E-state index contributed by atoms with van der Waals surface area (Å²) in [6.45, 7) is 0.445. The molecule has 0 aliphatic heterocycles. The summed E-state index contributed by atoms with van der Waals surface area (Å²) in [7, 11) is 0. The second kappa shape index (κ2) is 4.99. The number of halogens is 2. The average Bonchev–Trinajstić information content (AvgIpc) is 3.12. The number of nitrogens with zero attached hydrogens (tertiary/aromatic N) is 1. The molecule has 4 heteroatoms. The van der Waals surface area contributed by atoms with Gasteiger partial charge in [-0.2, -0.15) is 0 Å². The highest BCUT2D eigenvalue weighted by atomic mass is 35.5. The quantitative estimate of drug-likeness (QED) is 0.905. The van der Waals surface area contributed by atoms with Crippen LogP contribution in [0.1, 0.15) is 30.1 Å². The van der Waals surface area contributed by atoms with Crippen LogP contribution in [-0.4, -0.2) is 9.67 Å². The Morgan fingerprint density at radius 3 is 2.84 bits per heavy atom. The van der Waals surface area contributed by atoms with E-state index in [0.717, 1.165) is 18.4 Å². The van der Waals surface area contributed by atoms with Crippen molar-refractivity contribution in [2.24, 2.45) is 5.92 Å². The Labute approximate surface area is 116 Å². The smallest absolute Gasteiger partial charge is 0.129 e. The summed E-state index contributed by atoms with van der Waals surface area (Å²) in [5.41, 5.74) is 1.50. The third kappa shape index (κ3) is 2.82. The molecule has 1 fully saturated rings. The van der Waals surface area contributed by atoms with Crippen LogP contribution in [-0.2, 0) is 6.54 Å². The first kappa shape index (κ1) is 12.7. The summed E-state index contributed by atoms with van der Waals surface area (Å²) in [6, 6.07) is 6.59. The highest BCUT2D eigenvalue weighted by Gasteiger charge is 2.31. The van der Waals surface area contributed by atoms with Crippen LogP contribution in [0.25, 0.3) is 0 Å². The molecule has 1 aliphatic carbocycles. The molecule has 0 spiro atoms. The van der Waals surface area contributed by atoms with E-state index in [1.165, 1.54) is 6.07 Å². The molecule has 1 unspecified atom stereocenters. The fourth-order valence-corrected chi connectivity index (χ4v) is 2.42. The number of aliphatic hydroxyl groups is 1. The number of benzene rings is 1. The molecule has 1 saturated carbocycles. The van der Waals surface area contributed by atoms with Gasteiger partial charge in [-0.25, -0.2) is 4.39 Å². The molecule has 3 rings (SSSR count). The van der Waals surface area contributed by atoms with E-state index in [9.17, 15) is 9.50 Å². The number of hydrogen-bond acceptors (Lipinski definition) is 1. The molecule has 100 valence electrons. The first-order chi connectivity index (χ1) is 9.13. The minimum Gasteiger partial charge on any atom is -0.388 e. The number of aliphatic hydroxyl groups excluding tert-OH is 1. The Kier molecular flexibility index (Phi) is 3.33. The van der Waals surface area contributed by atoms with Gasteiger partial charge in [-0.1, -0.05) is 17.7 Å². The lowest BCUT2D eigenvalue weighted by molar-refractivity contribution is 0.154. The van der Waals surface area contributed by atoms with Gasteiger partial charge in [0.15, 0.2) is 0 Å². The van der Waals surface area contributed by atoms with Crippen LogP contribution in [0.3, 0.4) is 0 Å². The predicted molar refractivity (Wildman–Crippen MR) is 72.6 cm³/mol. The molecule has 1 aliphatic rings. The van der Waals surface area contributed by atoms with Crippen LogP contribution in [0.4, 0.5) is 4.39 Å². The van der Waals surface area contributed by atoms with Gasteiger partial charge in [0.1, 0.15) is 5.82 Å². The molecule has 2 nitrogen and oxygen atoms in total. The lowest BCUT2D eigenvalue weighted by atomic mass is 10.1. The highest BCUT2D eigenvalue weighted by Crippen LogP contribution is 2.40. The zero-order valence-electron chi connectivity index (χ0n) is 10.4. The minimum atomic E-state index is -0.378. The van der Waals surface area contributed by atoms with E-state index in [1.54, 1.807) is 12.1 Å². The Hall–Kier alpha value is -1.32. The van der Waals surface area contributed by atoms with Crippen molar-refractivity contribution in [2.45, 2.75) is 25.5 Å². The summed E-state index contributed by atoms with van der Waals surface area (Å²) in [6.07, 6.45) is 5.57. The molecule has 0 saturated heterocycles. The summed E-state index contributed by atoms with van der Waals surface area (Å²) in [5.74, 6) is 0.105. The number of aromatic nitrogens is 1. The van der Waals surface area contributed by atoms with Crippen molar-refractivity contribution in [3.63, 3.8) is 0 Å². The molecule has 0 radical (unpaired) electrons. The summed E-state index contributed by atoms with van der Waals surface area (Å²) < 4.78 is 15.6. The number of rotatable bonds is 4. The Morgan fingerprint density at radius 1 is 1.37 bits per heavy atom. The molecule has 1 atom stereocenters. The van der Waals surface area contributed by atoms with Gasteiger partial charge in [0.25, 0.3) is 0 Å². The van der Waals surface area contributed by atoms with Crippen molar-refractivity contribution in [1.29, 1.82) is 0 Å². The molecule has 19 heavy (non-hydrogen) atoms. The van der Waals surface area contributed by atoms with Crippen LogP contribution in [0.15, 0.2) is 36.7 Å². The first-order valence-electron chi connectivity index (χ1n) is 6.41. The molecule has 2 aromatic rings. The molecular formula is C15H15ClFNO. The zero-order valence-corrected chi connectivity index (χ0v) is 11.1. The second-order valence-corrected chi connectivity index (χ2v) is 5.57. The maximum Gasteiger partial charge on any atom is 0.129 e. The van der Waals surface area contributed by atoms with E-state index in [-0.39, 0.29) is 11.9 Å². The predicted octanol–water partition coefficient (Wildman–Crippen LogP) is 3.77. The SMILES string of the molecule is OC(c1ccn(Cc2ccc(Cl)cc2F)c1)C1CC1. The Morgan fingerprint density at radius 2 is 2.16 bits per heavy atom. The van der Waals surface area contributed by atoms with Crippen molar-refractivity contribution >= 4 is 11.6 Å². The van der Waals surface area contributed by atoms with E-state index in [4.69, 9.17) is 11.6 Å². The lowest BCUT2D eigenvalue weighted by Gasteiger charge is -2.07. The fraction of sp³-hybridized carbons (Fsp3) is 0.333. The Bertz CT molecular complexity index is 592. The summed E-state index contributed by atoms with van der Waals surface area (Å²) >= 11 is 5.73. The van der Waals surface area contributed by atoms with Gasteiger partial charge in [-0.05, 0) is 42.5 Å². The van der Waals surface area contributed by atoms with Crippen molar-refractivity contribution < 1.29 is 9.50 Å². The molecule has 0 amide bonds. The lowest BCUT2D eigenvalue weighted by Crippen LogP contribution is -2.01. The van der Waals surface area contributed by atoms with E-state index in [1.807, 2.05) is 23.0 Å². The zero-order chi connectivity index (χ0) is 13.4. The number of hydrogen-bond donors (Lipinski definition) is 1. The highest BCUT2D eigenvalue weighted by molar-refractivity contribution is 6.30. The maximum atomic E-state index is 13.7. The van der Waals surface area contributed by atoms with E-state index in [2.05, 4.69) is 0 Å². The van der Waals surface area contributed by atoms with Gasteiger partial charge in [0, 0.05) is 29.5 Å². The third-order valence-corrected chi connectivity index (χ3v) is 3.79. The van der Waals surface area contributed by atoms with Crippen LogP contribution in [0, 0.1) is 11.7 Å². The van der Waals surface area contributed by atoms with Crippen molar-refractivity contribution in [2.75, 3.05) is 0 Å². The fourth-order valence-electron chi connectivity index (χ4n) is 2.26. The van der Waals surface area contributed by atoms with Crippen molar-refractivity contribution in [3.05, 3.63) is 58.6 Å². The van der Waals surface area contributed by atoms with Gasteiger partial charge < -0.3 is 9.67 Å². The van der Waals surface area contributed by atoms with Gasteiger partial charge in [-0.3, -0.25) is 0 Å². The summed E-state index contributed by atoms with van der Waals surface area (Å²) in [5, 5.41) is 10.4. The second-order valence-electron chi connectivity index (χ2n) is 5.14. The largest absolute Gasteiger partial charge is 0.388 e. The summed E-state index contributed by atoms with van der Waals surface area (Å²) in [4.78, 5) is 0. The maximum absolute atomic E-state index is 13.7. The van der Waals surface area contributed by atoms with Crippen LogP contribution < -0.4 is 0 Å². The molecule has 1 heterocycles. The molecule has 1 N–H and O–H groups in total. The van der Waals surface area contributed by atoms with Crippen molar-refractivity contribution in [3.8, 4) is 0 Å². The monoisotopic (exact) mass is 279 g/mol. The standard InChI is InChI=1S/C15H15ClFNO/c16-13-4-3-11(14(17)7-13)8-18-6-5-12(9-18)15(19)10-1-2-10/h3-7,9-10,15,19H,1-2,8H2. The van der Waals surface area contributed by atoms with E-state index < -0.39 is 0 Å².